The maximum absolute atomic E-state index is 11.1. The summed E-state index contributed by atoms with van der Waals surface area (Å²) >= 11 is 5.79. The summed E-state index contributed by atoms with van der Waals surface area (Å²) in [6, 6.07) is 3.06. The van der Waals surface area contributed by atoms with Crippen molar-refractivity contribution in [2.45, 2.75) is 32.0 Å². The third-order valence-electron chi connectivity index (χ3n) is 2.27. The van der Waals surface area contributed by atoms with Gasteiger partial charge in [-0.1, -0.05) is 24.9 Å². The molecule has 7 heteroatoms. The van der Waals surface area contributed by atoms with Gasteiger partial charge in [-0.25, -0.2) is 0 Å². The van der Waals surface area contributed by atoms with Crippen LogP contribution < -0.4 is 0 Å². The van der Waals surface area contributed by atoms with Gasteiger partial charge in [0.15, 0.2) is 0 Å². The van der Waals surface area contributed by atoms with Crippen molar-refractivity contribution in [2.24, 2.45) is 0 Å². The second kappa shape index (κ2) is 6.47. The van der Waals surface area contributed by atoms with Gasteiger partial charge in [-0.2, -0.15) is 8.42 Å². The quantitative estimate of drug-likeness (QED) is 0.811. The lowest BCUT2D eigenvalue weighted by Gasteiger charge is -2.21. The van der Waals surface area contributed by atoms with Crippen LogP contribution in [0.25, 0.3) is 0 Å². The molecular formula is C11H16ClNO4S. The van der Waals surface area contributed by atoms with Gasteiger partial charge in [0, 0.05) is 11.2 Å². The predicted molar refractivity (Wildman–Crippen MR) is 68.8 cm³/mol. The lowest BCUT2D eigenvalue weighted by Crippen LogP contribution is -2.25. The smallest absolute Gasteiger partial charge is 0.264 e. The molecule has 2 atom stereocenters. The zero-order valence-electron chi connectivity index (χ0n) is 10.2. The number of hydrogen-bond donors (Lipinski definition) is 1. The van der Waals surface area contributed by atoms with Gasteiger partial charge in [0.2, 0.25) is 0 Å². The van der Waals surface area contributed by atoms with Gasteiger partial charge in [-0.3, -0.25) is 9.17 Å². The number of hydrogen-bond acceptors (Lipinski definition) is 5. The monoisotopic (exact) mass is 293 g/mol. The number of rotatable bonds is 6. The Morgan fingerprint density at radius 3 is 2.72 bits per heavy atom. The Kier molecular flexibility index (Phi) is 5.52. The normalized spacial score (nSPS) is 15.3. The Morgan fingerprint density at radius 1 is 1.56 bits per heavy atom. The van der Waals surface area contributed by atoms with E-state index >= 15 is 0 Å². The molecule has 0 saturated carbocycles. The molecule has 0 aliphatic rings. The summed E-state index contributed by atoms with van der Waals surface area (Å²) in [5, 5.41) is 10.5. The fourth-order valence-corrected chi connectivity index (χ4v) is 2.36. The molecule has 1 rings (SSSR count). The summed E-state index contributed by atoms with van der Waals surface area (Å²) in [4.78, 5) is 3.96. The molecule has 1 heterocycles. The van der Waals surface area contributed by atoms with E-state index < -0.39 is 22.3 Å². The highest BCUT2D eigenvalue weighted by atomic mass is 35.5. The molecule has 0 aliphatic carbocycles. The second-order valence-electron chi connectivity index (χ2n) is 3.97. The molecule has 1 aromatic heterocycles. The van der Waals surface area contributed by atoms with Crippen LogP contribution in [-0.4, -0.2) is 30.9 Å². The summed E-state index contributed by atoms with van der Waals surface area (Å²) in [7, 11) is -3.63. The highest BCUT2D eigenvalue weighted by molar-refractivity contribution is 7.86. The zero-order chi connectivity index (χ0) is 13.8. The average Bonchev–Trinajstić information content (AvgIpc) is 2.26. The van der Waals surface area contributed by atoms with E-state index in [1.165, 1.54) is 12.3 Å². The molecule has 0 radical (unpaired) electrons. The molecular weight excluding hydrogens is 278 g/mol. The number of aliphatic hydroxyl groups is 1. The third-order valence-corrected chi connectivity index (χ3v) is 3.10. The van der Waals surface area contributed by atoms with E-state index in [2.05, 4.69) is 4.98 Å². The van der Waals surface area contributed by atoms with Crippen molar-refractivity contribution in [1.29, 1.82) is 0 Å². The third kappa shape index (κ3) is 4.89. The van der Waals surface area contributed by atoms with Crippen LogP contribution in [0.5, 0.6) is 0 Å². The Morgan fingerprint density at radius 2 is 2.22 bits per heavy atom. The summed E-state index contributed by atoms with van der Waals surface area (Å²) in [6.07, 6.45) is 1.51. The van der Waals surface area contributed by atoms with Crippen molar-refractivity contribution in [3.63, 3.8) is 0 Å². The van der Waals surface area contributed by atoms with Gasteiger partial charge in [0.25, 0.3) is 10.1 Å². The molecule has 18 heavy (non-hydrogen) atoms. The van der Waals surface area contributed by atoms with Crippen LogP contribution in [0, 0.1) is 0 Å². The molecule has 1 aromatic rings. The largest absolute Gasteiger partial charge is 0.384 e. The molecule has 0 spiro atoms. The molecule has 1 N–H and O–H groups in total. The van der Waals surface area contributed by atoms with E-state index in [0.29, 0.717) is 23.6 Å². The minimum atomic E-state index is -3.63. The highest BCUT2D eigenvalue weighted by Crippen LogP contribution is 2.24. The molecule has 2 unspecified atom stereocenters. The van der Waals surface area contributed by atoms with Crippen molar-refractivity contribution in [3.8, 4) is 0 Å². The number of nitrogens with zero attached hydrogens (tertiary/aromatic N) is 1. The molecule has 0 fully saturated rings. The summed E-state index contributed by atoms with van der Waals surface area (Å²) in [5.74, 6) is 0. The van der Waals surface area contributed by atoms with E-state index in [-0.39, 0.29) is 0 Å². The van der Waals surface area contributed by atoms with Gasteiger partial charge >= 0.3 is 0 Å². The Bertz CT molecular complexity index is 492. The lowest BCUT2D eigenvalue weighted by atomic mass is 10.1. The fraction of sp³-hybridized carbons (Fsp3) is 0.545. The van der Waals surface area contributed by atoms with Crippen LogP contribution >= 0.6 is 11.6 Å². The number of aliphatic hydroxyl groups excluding tert-OH is 1. The van der Waals surface area contributed by atoms with Gasteiger partial charge < -0.3 is 5.11 Å². The van der Waals surface area contributed by atoms with Crippen molar-refractivity contribution in [3.05, 3.63) is 29.0 Å². The van der Waals surface area contributed by atoms with Crippen LogP contribution in [0.2, 0.25) is 5.02 Å². The Hall–Kier alpha value is -0.690. The minimum absolute atomic E-state index is 0.296. The standard InChI is InChI=1S/C11H16ClNO4S/c1-3-4-10(17-18(2,15)16)11(14)9-7-8(12)5-6-13-9/h5-7,10-11,14H,3-4H2,1-2H3. The van der Waals surface area contributed by atoms with E-state index in [1.807, 2.05) is 6.92 Å². The molecule has 0 amide bonds. The van der Waals surface area contributed by atoms with E-state index in [9.17, 15) is 13.5 Å². The van der Waals surface area contributed by atoms with E-state index in [4.69, 9.17) is 15.8 Å². The summed E-state index contributed by atoms with van der Waals surface area (Å²) in [6.45, 7) is 1.87. The number of aromatic nitrogens is 1. The maximum Gasteiger partial charge on any atom is 0.264 e. The van der Waals surface area contributed by atoms with Crippen LogP contribution in [-0.2, 0) is 14.3 Å². The van der Waals surface area contributed by atoms with Crippen LogP contribution in [0.4, 0.5) is 0 Å². The second-order valence-corrected chi connectivity index (χ2v) is 6.01. The van der Waals surface area contributed by atoms with Gasteiger partial charge in [-0.15, -0.1) is 0 Å². The van der Waals surface area contributed by atoms with Crippen molar-refractivity contribution < 1.29 is 17.7 Å². The fourth-order valence-electron chi connectivity index (χ4n) is 1.54. The lowest BCUT2D eigenvalue weighted by molar-refractivity contribution is 0.0318. The SMILES string of the molecule is CCCC(OS(C)(=O)=O)C(O)c1cc(Cl)ccn1. The van der Waals surface area contributed by atoms with Crippen LogP contribution in [0.1, 0.15) is 31.6 Å². The van der Waals surface area contributed by atoms with Gasteiger partial charge in [-0.05, 0) is 18.6 Å². The molecule has 0 saturated heterocycles. The molecule has 5 nitrogen and oxygen atoms in total. The van der Waals surface area contributed by atoms with E-state index in [0.717, 1.165) is 6.26 Å². The van der Waals surface area contributed by atoms with Gasteiger partial charge in [0.1, 0.15) is 12.2 Å². The topological polar surface area (TPSA) is 76.5 Å². The summed E-state index contributed by atoms with van der Waals surface area (Å²) in [5.41, 5.74) is 0.296. The number of halogens is 1. The van der Waals surface area contributed by atoms with Crippen molar-refractivity contribution >= 4 is 21.7 Å². The zero-order valence-corrected chi connectivity index (χ0v) is 11.8. The first-order valence-corrected chi connectivity index (χ1v) is 7.70. The molecule has 102 valence electrons. The maximum atomic E-state index is 11.1. The van der Waals surface area contributed by atoms with Gasteiger partial charge in [0.05, 0.1) is 11.9 Å². The molecule has 0 aromatic carbocycles. The highest BCUT2D eigenvalue weighted by Gasteiger charge is 2.26. The van der Waals surface area contributed by atoms with Crippen molar-refractivity contribution in [1.82, 2.24) is 4.98 Å². The van der Waals surface area contributed by atoms with E-state index in [1.54, 1.807) is 6.07 Å². The molecule has 0 bridgehead atoms. The Labute approximate surface area is 112 Å². The Balaban J connectivity index is 2.92. The minimum Gasteiger partial charge on any atom is -0.384 e. The predicted octanol–water partition coefficient (Wildman–Crippen LogP) is 1.91. The molecule has 0 aliphatic heterocycles. The van der Waals surface area contributed by atoms with Crippen LogP contribution in [0.15, 0.2) is 18.3 Å². The first-order valence-electron chi connectivity index (χ1n) is 5.51. The average molecular weight is 294 g/mol. The first kappa shape index (κ1) is 15.4. The van der Waals surface area contributed by atoms with Crippen molar-refractivity contribution in [2.75, 3.05) is 6.26 Å². The first-order chi connectivity index (χ1) is 8.33. The van der Waals surface area contributed by atoms with Crippen LogP contribution in [0.3, 0.4) is 0 Å². The summed E-state index contributed by atoms with van der Waals surface area (Å²) < 4.78 is 27.2. The number of pyridine rings is 1.